The average Bonchev–Trinajstić information content (AvgIpc) is 3.54. The molecule has 7 fully saturated rings. The van der Waals surface area contributed by atoms with Gasteiger partial charge in [-0.25, -0.2) is 0 Å². The first-order valence-corrected chi connectivity index (χ1v) is 25.0. The molecule has 0 radical (unpaired) electrons. The highest BCUT2D eigenvalue weighted by Crippen LogP contribution is 2.62. The molecule has 1 aliphatic heterocycles. The monoisotopic (exact) mass is 800 g/mol. The molecule has 13 atom stereocenters. The second-order valence-corrected chi connectivity index (χ2v) is 21.6. The molecular formula is C57H69NO2. The van der Waals surface area contributed by atoms with E-state index in [-0.39, 0.29) is 35.7 Å². The minimum Gasteiger partial charge on any atom is -0.369 e. The fourth-order valence-corrected chi connectivity index (χ4v) is 16.4. The van der Waals surface area contributed by atoms with Gasteiger partial charge in [0.05, 0.1) is 30.1 Å². The molecule has 3 nitrogen and oxygen atoms in total. The summed E-state index contributed by atoms with van der Waals surface area (Å²) in [4.78, 5) is 2.59. The predicted molar refractivity (Wildman–Crippen MR) is 245 cm³/mol. The molecule has 60 heavy (non-hydrogen) atoms. The van der Waals surface area contributed by atoms with Gasteiger partial charge in [-0.2, -0.15) is 0 Å². The number of hydrogen-bond donors (Lipinski definition) is 0. The molecule has 13 unspecified atom stereocenters. The Labute approximate surface area is 361 Å². The molecule has 0 amide bonds. The molecule has 7 aliphatic carbocycles. The quantitative estimate of drug-likeness (QED) is 0.192. The number of fused-ring (bicyclic) bond motifs is 14. The van der Waals surface area contributed by atoms with Crippen LogP contribution >= 0.6 is 0 Å². The van der Waals surface area contributed by atoms with E-state index in [4.69, 9.17) is 9.47 Å². The Morgan fingerprint density at radius 3 is 1.73 bits per heavy atom. The van der Waals surface area contributed by atoms with Gasteiger partial charge in [0.25, 0.3) is 0 Å². The summed E-state index contributed by atoms with van der Waals surface area (Å²) in [7, 11) is 0. The normalized spacial score (nSPS) is 37.5. The summed E-state index contributed by atoms with van der Waals surface area (Å²) in [5, 5.41) is 0. The number of benzene rings is 4. The van der Waals surface area contributed by atoms with E-state index in [0.29, 0.717) is 5.92 Å². The zero-order chi connectivity index (χ0) is 40.0. The Morgan fingerprint density at radius 2 is 1.00 bits per heavy atom. The predicted octanol–water partition coefficient (Wildman–Crippen LogP) is 14.7. The number of ether oxygens (including phenoxy) is 2. The first-order chi connectivity index (χ1) is 29.6. The van der Waals surface area contributed by atoms with Crippen LogP contribution < -0.4 is 4.90 Å². The summed E-state index contributed by atoms with van der Waals surface area (Å²) in [5.74, 6) is 7.46. The fourth-order valence-electron chi connectivity index (χ4n) is 16.4. The maximum atomic E-state index is 7.83. The Kier molecular flexibility index (Phi) is 9.86. The van der Waals surface area contributed by atoms with Crippen molar-refractivity contribution in [2.75, 3.05) is 4.90 Å². The summed E-state index contributed by atoms with van der Waals surface area (Å²) in [6, 6.07) is 36.7. The van der Waals surface area contributed by atoms with Crippen molar-refractivity contribution >= 4 is 17.1 Å². The number of para-hydroxylation sites is 2. The van der Waals surface area contributed by atoms with Crippen LogP contribution in [-0.4, -0.2) is 24.4 Å². The second-order valence-electron chi connectivity index (χ2n) is 21.6. The van der Waals surface area contributed by atoms with Crippen LogP contribution in [0.5, 0.6) is 0 Å². The Morgan fingerprint density at radius 1 is 0.450 bits per heavy atom. The minimum atomic E-state index is -0.0621. The number of hydrogen-bond acceptors (Lipinski definition) is 3. The SMILES string of the molecule is CC1(C)c2ccccc2-c2c(N(c3ccccc3)c3ccccc3C3CCCC4OC5C(CCC6C7CCCCC7C7CCCCC7C7CCCCC7C65)OC43)cccc21. The summed E-state index contributed by atoms with van der Waals surface area (Å²) >= 11 is 0. The van der Waals surface area contributed by atoms with Crippen molar-refractivity contribution in [3.63, 3.8) is 0 Å². The van der Waals surface area contributed by atoms with E-state index in [9.17, 15) is 0 Å². The highest BCUT2D eigenvalue weighted by Gasteiger charge is 2.58. The third kappa shape index (κ3) is 6.08. The van der Waals surface area contributed by atoms with Gasteiger partial charge >= 0.3 is 0 Å². The maximum absolute atomic E-state index is 7.83. The average molecular weight is 800 g/mol. The molecule has 1 heterocycles. The molecule has 314 valence electrons. The standard InChI is InChI=1S/C57H69NO2/c1-57(2)47-29-14-12-27-46(47)54-48(57)30-17-32-50(54)58(36-18-4-3-5-19-36)49-31-15-13-25-42(49)45-28-16-33-51-55(45)59-52-35-34-44-41-24-9-8-22-39(41)37-20-6-7-21-38(37)40-23-10-11-26-43(40)53(44)56(52)60-51/h3-5,12-15,17-19,25,27,29-32,37-41,43-45,51-53,55-56H,6-11,16,20-24,26,28,33-35H2,1-2H3. The lowest BCUT2D eigenvalue weighted by molar-refractivity contribution is -0.280. The van der Waals surface area contributed by atoms with Crippen molar-refractivity contribution < 1.29 is 9.47 Å². The minimum absolute atomic E-state index is 0.0621. The van der Waals surface area contributed by atoms with Gasteiger partial charge in [-0.15, -0.1) is 0 Å². The van der Waals surface area contributed by atoms with Gasteiger partial charge in [-0.3, -0.25) is 0 Å². The van der Waals surface area contributed by atoms with E-state index in [1.807, 2.05) is 0 Å². The van der Waals surface area contributed by atoms with Crippen LogP contribution in [0.3, 0.4) is 0 Å². The van der Waals surface area contributed by atoms with E-state index in [2.05, 4.69) is 116 Å². The molecule has 4 aromatic carbocycles. The molecule has 8 aliphatic rings. The van der Waals surface area contributed by atoms with Crippen molar-refractivity contribution in [2.45, 2.75) is 159 Å². The smallest absolute Gasteiger partial charge is 0.0910 e. The van der Waals surface area contributed by atoms with Crippen LogP contribution in [0.2, 0.25) is 0 Å². The van der Waals surface area contributed by atoms with Gasteiger partial charge in [0.15, 0.2) is 0 Å². The van der Waals surface area contributed by atoms with Gasteiger partial charge in [0.1, 0.15) is 0 Å². The Bertz CT molecular complexity index is 2150. The third-order valence-corrected chi connectivity index (χ3v) is 18.6. The van der Waals surface area contributed by atoms with Gasteiger partial charge < -0.3 is 14.4 Å². The van der Waals surface area contributed by atoms with Crippen LogP contribution in [0.1, 0.15) is 146 Å². The molecule has 6 saturated carbocycles. The lowest BCUT2D eigenvalue weighted by Gasteiger charge is -2.61. The largest absolute Gasteiger partial charge is 0.369 e. The molecule has 0 N–H and O–H groups in total. The lowest BCUT2D eigenvalue weighted by atomic mass is 9.47. The molecule has 12 rings (SSSR count). The summed E-state index contributed by atoms with van der Waals surface area (Å²) < 4.78 is 15.6. The van der Waals surface area contributed by atoms with Crippen molar-refractivity contribution in [2.24, 2.45) is 47.3 Å². The van der Waals surface area contributed by atoms with Crippen molar-refractivity contribution in [1.29, 1.82) is 0 Å². The van der Waals surface area contributed by atoms with Gasteiger partial charge in [0, 0.05) is 28.3 Å². The van der Waals surface area contributed by atoms with Gasteiger partial charge in [-0.05, 0) is 158 Å². The molecule has 1 saturated heterocycles. The zero-order valence-corrected chi connectivity index (χ0v) is 36.5. The first kappa shape index (κ1) is 38.3. The summed E-state index contributed by atoms with van der Waals surface area (Å²) in [6.45, 7) is 4.80. The van der Waals surface area contributed by atoms with E-state index in [0.717, 1.165) is 54.3 Å². The van der Waals surface area contributed by atoms with Crippen molar-refractivity contribution in [3.8, 4) is 11.1 Å². The third-order valence-electron chi connectivity index (χ3n) is 18.6. The lowest BCUT2D eigenvalue weighted by Crippen LogP contribution is -2.62. The summed E-state index contributed by atoms with van der Waals surface area (Å²) in [6.07, 6.45) is 24.6. The van der Waals surface area contributed by atoms with Crippen LogP contribution in [0.15, 0.2) is 97.1 Å². The molecule has 0 spiro atoms. The van der Waals surface area contributed by atoms with Gasteiger partial charge in [0.2, 0.25) is 0 Å². The van der Waals surface area contributed by atoms with E-state index < -0.39 is 0 Å². The summed E-state index contributed by atoms with van der Waals surface area (Å²) in [5.41, 5.74) is 10.7. The number of rotatable bonds is 4. The van der Waals surface area contributed by atoms with Crippen molar-refractivity contribution in [1.82, 2.24) is 0 Å². The van der Waals surface area contributed by atoms with Crippen LogP contribution in [0.4, 0.5) is 17.1 Å². The maximum Gasteiger partial charge on any atom is 0.0910 e. The van der Waals surface area contributed by atoms with Crippen LogP contribution in [0.25, 0.3) is 11.1 Å². The molecule has 4 aromatic rings. The van der Waals surface area contributed by atoms with Crippen LogP contribution in [0, 0.1) is 47.3 Å². The van der Waals surface area contributed by atoms with E-state index in [1.54, 1.807) is 0 Å². The fraction of sp³-hybridized carbons (Fsp3) is 0.579. The Balaban J connectivity index is 0.913. The molecular weight excluding hydrogens is 731 g/mol. The molecule has 3 heteroatoms. The molecule has 0 aromatic heterocycles. The Hall–Kier alpha value is -3.40. The van der Waals surface area contributed by atoms with Crippen molar-refractivity contribution in [3.05, 3.63) is 114 Å². The first-order valence-electron chi connectivity index (χ1n) is 25.0. The number of nitrogens with zero attached hydrogens (tertiary/aromatic N) is 1. The topological polar surface area (TPSA) is 21.7 Å². The highest BCUT2D eigenvalue weighted by molar-refractivity contribution is 5.95. The molecule has 0 bridgehead atoms. The number of anilines is 3. The zero-order valence-electron chi connectivity index (χ0n) is 36.5. The second kappa shape index (κ2) is 15.4. The highest BCUT2D eigenvalue weighted by atomic mass is 16.6. The van der Waals surface area contributed by atoms with E-state index >= 15 is 0 Å². The van der Waals surface area contributed by atoms with Crippen LogP contribution in [-0.2, 0) is 14.9 Å². The van der Waals surface area contributed by atoms with E-state index in [1.165, 1.54) is 141 Å². The van der Waals surface area contributed by atoms with Gasteiger partial charge in [-0.1, -0.05) is 132 Å².